The molecule has 4 aromatic rings. The Balaban J connectivity index is 1.52. The zero-order chi connectivity index (χ0) is 28.4. The van der Waals surface area contributed by atoms with Gasteiger partial charge in [0.05, 0.1) is 27.7 Å². The van der Waals surface area contributed by atoms with Gasteiger partial charge in [0.25, 0.3) is 0 Å². The molecular weight excluding hydrogens is 547 g/mol. The van der Waals surface area contributed by atoms with Gasteiger partial charge in [0.2, 0.25) is 0 Å². The Morgan fingerprint density at radius 1 is 1.12 bits per heavy atom. The SMILES string of the molecule is Cc1ccc(COc2ccc3nc([C@@H]4CCCC[C@@H]4C(=O)O)n(Cc4ccc(OC(F)(F)F)c(Cl)c4)c3c2)nc1. The highest BCUT2D eigenvalue weighted by Gasteiger charge is 2.36. The monoisotopic (exact) mass is 573 g/mol. The van der Waals surface area contributed by atoms with E-state index in [0.29, 0.717) is 41.0 Å². The van der Waals surface area contributed by atoms with E-state index in [-0.39, 0.29) is 24.1 Å². The molecule has 2 aromatic carbocycles. The minimum absolute atomic E-state index is 0.184. The molecule has 0 radical (unpaired) electrons. The molecule has 0 bridgehead atoms. The molecule has 2 atom stereocenters. The van der Waals surface area contributed by atoms with E-state index in [0.717, 1.165) is 24.1 Å². The molecular formula is C29H27ClF3N3O4. The van der Waals surface area contributed by atoms with Gasteiger partial charge in [0, 0.05) is 24.7 Å². The third-order valence-corrected chi connectivity index (χ3v) is 7.38. The van der Waals surface area contributed by atoms with Crippen LogP contribution in [0.25, 0.3) is 11.0 Å². The molecule has 1 saturated carbocycles. The number of aryl methyl sites for hydroxylation is 1. The number of benzene rings is 2. The maximum absolute atomic E-state index is 12.7. The first-order valence-electron chi connectivity index (χ1n) is 12.9. The van der Waals surface area contributed by atoms with Gasteiger partial charge in [-0.25, -0.2) is 4.98 Å². The number of carboxylic acid groups (broad SMARTS) is 1. The molecule has 5 rings (SSSR count). The van der Waals surface area contributed by atoms with Crippen LogP contribution in [0.1, 0.15) is 54.2 Å². The van der Waals surface area contributed by atoms with Crippen molar-refractivity contribution in [2.75, 3.05) is 0 Å². The van der Waals surface area contributed by atoms with Crippen molar-refractivity contribution in [1.29, 1.82) is 0 Å². The number of pyridine rings is 1. The standard InChI is InChI=1S/C29H27ClF3N3O4/c1-17-6-8-19(34-14-17)16-39-20-9-10-24-25(13-20)36(27(35-24)21-4-2-3-5-22(21)28(37)38)15-18-7-11-26(23(30)12-18)40-29(31,32)33/h6-14,21-22H,2-5,15-16H2,1H3,(H,37,38)/t21-,22+/m1/s1. The summed E-state index contributed by atoms with van der Waals surface area (Å²) in [5.74, 6) is -1.07. The van der Waals surface area contributed by atoms with Crippen molar-refractivity contribution in [3.63, 3.8) is 0 Å². The molecule has 1 fully saturated rings. The molecule has 0 aliphatic heterocycles. The fraction of sp³-hybridized carbons (Fsp3) is 0.345. The van der Waals surface area contributed by atoms with Gasteiger partial charge in [-0.3, -0.25) is 9.78 Å². The Kier molecular flexibility index (Phi) is 7.89. The lowest BCUT2D eigenvalue weighted by atomic mass is 9.78. The highest BCUT2D eigenvalue weighted by Crippen LogP contribution is 2.40. The summed E-state index contributed by atoms with van der Waals surface area (Å²) in [6.07, 6.45) is -0.170. The lowest BCUT2D eigenvalue weighted by Gasteiger charge is -2.28. The third kappa shape index (κ3) is 6.33. The van der Waals surface area contributed by atoms with Crippen molar-refractivity contribution >= 4 is 28.6 Å². The molecule has 1 N–H and O–H groups in total. The van der Waals surface area contributed by atoms with Crippen LogP contribution >= 0.6 is 11.6 Å². The van der Waals surface area contributed by atoms with E-state index in [1.165, 1.54) is 18.2 Å². The molecule has 11 heteroatoms. The van der Waals surface area contributed by atoms with Gasteiger partial charge >= 0.3 is 12.3 Å². The number of imidazole rings is 1. The number of aliphatic carboxylic acids is 1. The second-order valence-corrected chi connectivity index (χ2v) is 10.4. The van der Waals surface area contributed by atoms with E-state index in [9.17, 15) is 23.1 Å². The number of rotatable bonds is 8. The van der Waals surface area contributed by atoms with Crippen LogP contribution in [0.4, 0.5) is 13.2 Å². The summed E-state index contributed by atoms with van der Waals surface area (Å²) in [7, 11) is 0. The van der Waals surface area contributed by atoms with Gasteiger partial charge in [-0.2, -0.15) is 0 Å². The Morgan fingerprint density at radius 3 is 2.62 bits per heavy atom. The fourth-order valence-corrected chi connectivity index (χ4v) is 5.41. The van der Waals surface area contributed by atoms with Crippen LogP contribution in [-0.2, 0) is 17.9 Å². The Labute approximate surface area is 233 Å². The first-order valence-corrected chi connectivity index (χ1v) is 13.3. The summed E-state index contributed by atoms with van der Waals surface area (Å²) in [6.45, 7) is 2.42. The highest BCUT2D eigenvalue weighted by molar-refractivity contribution is 6.32. The molecule has 0 saturated heterocycles. The van der Waals surface area contributed by atoms with Crippen LogP contribution in [0.15, 0.2) is 54.7 Å². The largest absolute Gasteiger partial charge is 0.573 e. The van der Waals surface area contributed by atoms with Crippen LogP contribution in [-0.4, -0.2) is 32.0 Å². The van der Waals surface area contributed by atoms with E-state index < -0.39 is 24.0 Å². The van der Waals surface area contributed by atoms with Crippen LogP contribution in [0.2, 0.25) is 5.02 Å². The Bertz CT molecular complexity index is 1520. The number of aromatic nitrogens is 3. The minimum Gasteiger partial charge on any atom is -0.487 e. The van der Waals surface area contributed by atoms with Gasteiger partial charge in [-0.05, 0) is 61.2 Å². The number of hydrogen-bond acceptors (Lipinski definition) is 5. The molecule has 0 spiro atoms. The average molecular weight is 574 g/mol. The second kappa shape index (κ2) is 11.4. The normalized spacial score (nSPS) is 17.6. The first kappa shape index (κ1) is 27.8. The molecule has 2 heterocycles. The van der Waals surface area contributed by atoms with Crippen LogP contribution in [0.3, 0.4) is 0 Å². The second-order valence-electron chi connectivity index (χ2n) is 9.97. The number of halogens is 4. The topological polar surface area (TPSA) is 86.5 Å². The number of alkyl halides is 3. The predicted molar refractivity (Wildman–Crippen MR) is 143 cm³/mol. The number of carboxylic acids is 1. The van der Waals surface area contributed by atoms with Crippen molar-refractivity contribution in [3.8, 4) is 11.5 Å². The summed E-state index contributed by atoms with van der Waals surface area (Å²) in [5, 5.41) is 9.75. The molecule has 0 amide bonds. The van der Waals surface area contributed by atoms with E-state index >= 15 is 0 Å². The molecule has 1 aliphatic carbocycles. The number of fused-ring (bicyclic) bond motifs is 1. The zero-order valence-corrected chi connectivity index (χ0v) is 22.4. The number of ether oxygens (including phenoxy) is 2. The molecule has 40 heavy (non-hydrogen) atoms. The van der Waals surface area contributed by atoms with Gasteiger partial charge in [-0.15, -0.1) is 13.2 Å². The number of carbonyl (C=O) groups is 1. The van der Waals surface area contributed by atoms with Crippen molar-refractivity contribution in [1.82, 2.24) is 14.5 Å². The van der Waals surface area contributed by atoms with Gasteiger partial charge in [0.15, 0.2) is 0 Å². The lowest BCUT2D eigenvalue weighted by molar-refractivity contribution is -0.274. The van der Waals surface area contributed by atoms with Crippen molar-refractivity contribution in [3.05, 3.63) is 82.4 Å². The van der Waals surface area contributed by atoms with E-state index in [1.54, 1.807) is 12.3 Å². The number of hydrogen-bond donors (Lipinski definition) is 1. The average Bonchev–Trinajstić information content (AvgIpc) is 3.26. The van der Waals surface area contributed by atoms with E-state index in [2.05, 4.69) is 9.72 Å². The van der Waals surface area contributed by atoms with Crippen molar-refractivity contribution in [2.24, 2.45) is 5.92 Å². The fourth-order valence-electron chi connectivity index (χ4n) is 5.17. The smallest absolute Gasteiger partial charge is 0.487 e. The van der Waals surface area contributed by atoms with Gasteiger partial charge in [-0.1, -0.05) is 36.6 Å². The Morgan fingerprint density at radius 2 is 1.93 bits per heavy atom. The van der Waals surface area contributed by atoms with E-state index in [1.807, 2.05) is 35.8 Å². The summed E-state index contributed by atoms with van der Waals surface area (Å²) in [4.78, 5) is 21.3. The first-order chi connectivity index (χ1) is 19.1. The molecule has 2 aromatic heterocycles. The summed E-state index contributed by atoms with van der Waals surface area (Å²) >= 11 is 6.13. The van der Waals surface area contributed by atoms with Gasteiger partial charge < -0.3 is 19.1 Å². The summed E-state index contributed by atoms with van der Waals surface area (Å²) < 4.78 is 50.1. The number of nitrogens with zero attached hydrogens (tertiary/aromatic N) is 3. The van der Waals surface area contributed by atoms with Crippen molar-refractivity contribution in [2.45, 2.75) is 58.0 Å². The lowest BCUT2D eigenvalue weighted by Crippen LogP contribution is -2.27. The van der Waals surface area contributed by atoms with E-state index in [4.69, 9.17) is 21.3 Å². The molecule has 1 aliphatic rings. The predicted octanol–water partition coefficient (Wildman–Crippen LogP) is 7.28. The zero-order valence-electron chi connectivity index (χ0n) is 21.6. The molecule has 7 nitrogen and oxygen atoms in total. The maximum Gasteiger partial charge on any atom is 0.573 e. The highest BCUT2D eigenvalue weighted by atomic mass is 35.5. The summed E-state index contributed by atoms with van der Waals surface area (Å²) in [6, 6.07) is 13.4. The molecule has 210 valence electrons. The summed E-state index contributed by atoms with van der Waals surface area (Å²) in [5.41, 5.74) is 3.79. The van der Waals surface area contributed by atoms with Crippen LogP contribution < -0.4 is 9.47 Å². The van der Waals surface area contributed by atoms with Crippen LogP contribution in [0, 0.1) is 12.8 Å². The maximum atomic E-state index is 12.7. The van der Waals surface area contributed by atoms with Gasteiger partial charge in [0.1, 0.15) is 23.9 Å². The third-order valence-electron chi connectivity index (χ3n) is 7.09. The van der Waals surface area contributed by atoms with Crippen molar-refractivity contribution < 1.29 is 32.5 Å². The van der Waals surface area contributed by atoms with Crippen LogP contribution in [0.5, 0.6) is 11.5 Å². The molecule has 0 unspecified atom stereocenters. The minimum atomic E-state index is -4.86. The Hall–Kier alpha value is -3.79. The quantitative estimate of drug-likeness (QED) is 0.238.